The highest BCUT2D eigenvalue weighted by molar-refractivity contribution is 9.10. The molecule has 0 aliphatic heterocycles. The molecule has 0 fully saturated rings. The van der Waals surface area contributed by atoms with Gasteiger partial charge in [0.1, 0.15) is 0 Å². The molecule has 0 unspecified atom stereocenters. The standard InChI is InChI=1S/C15H16BrNO2S/c1-7(2)20-15-12(9(4)18)14(19)11-8(3)5-6-10(16)13(11)17-15/h5-7H,1-4H3,(H,17,19). The van der Waals surface area contributed by atoms with Gasteiger partial charge in [-0.15, -0.1) is 11.8 Å². The summed E-state index contributed by atoms with van der Waals surface area (Å²) in [5.41, 5.74) is 1.70. The van der Waals surface area contributed by atoms with Crippen LogP contribution in [0.15, 0.2) is 26.4 Å². The van der Waals surface area contributed by atoms with Crippen molar-refractivity contribution in [3.8, 4) is 0 Å². The monoisotopic (exact) mass is 353 g/mol. The number of nitrogens with one attached hydrogen (secondary N) is 1. The van der Waals surface area contributed by atoms with Gasteiger partial charge in [0.25, 0.3) is 0 Å². The Hall–Kier alpha value is -1.07. The summed E-state index contributed by atoms with van der Waals surface area (Å²) in [5.74, 6) is -0.198. The number of benzene rings is 1. The van der Waals surface area contributed by atoms with E-state index in [1.54, 1.807) is 0 Å². The van der Waals surface area contributed by atoms with E-state index in [4.69, 9.17) is 0 Å². The van der Waals surface area contributed by atoms with Crippen molar-refractivity contribution in [2.75, 3.05) is 0 Å². The van der Waals surface area contributed by atoms with Crippen LogP contribution in [0.5, 0.6) is 0 Å². The zero-order valence-corrected chi connectivity index (χ0v) is 14.2. The Balaban J connectivity index is 2.93. The minimum Gasteiger partial charge on any atom is -0.348 e. The topological polar surface area (TPSA) is 49.9 Å². The number of H-pyrrole nitrogens is 1. The second-order valence-corrected chi connectivity index (χ2v) is 7.44. The SMILES string of the molecule is CC(=O)c1c(SC(C)C)[nH]c2c(Br)ccc(C)c2c1=O. The highest BCUT2D eigenvalue weighted by atomic mass is 79.9. The number of carbonyl (C=O) groups excluding carboxylic acids is 1. The molecule has 2 aromatic rings. The van der Waals surface area contributed by atoms with E-state index in [1.807, 2.05) is 32.9 Å². The van der Waals surface area contributed by atoms with Gasteiger partial charge in [-0.2, -0.15) is 0 Å². The molecule has 1 aromatic heterocycles. The fraction of sp³-hybridized carbons (Fsp3) is 0.333. The number of hydrogen-bond acceptors (Lipinski definition) is 3. The van der Waals surface area contributed by atoms with E-state index in [2.05, 4.69) is 20.9 Å². The van der Waals surface area contributed by atoms with Crippen molar-refractivity contribution in [1.29, 1.82) is 0 Å². The second kappa shape index (κ2) is 5.74. The molecule has 2 rings (SSSR count). The van der Waals surface area contributed by atoms with Crippen molar-refractivity contribution < 1.29 is 4.79 Å². The van der Waals surface area contributed by atoms with Crippen LogP contribution in [-0.4, -0.2) is 16.0 Å². The normalized spacial score (nSPS) is 11.3. The summed E-state index contributed by atoms with van der Waals surface area (Å²) in [6.07, 6.45) is 0. The van der Waals surface area contributed by atoms with Crippen molar-refractivity contribution in [1.82, 2.24) is 4.98 Å². The predicted molar refractivity (Wildman–Crippen MR) is 88.0 cm³/mol. The Bertz CT molecular complexity index is 750. The van der Waals surface area contributed by atoms with Gasteiger partial charge < -0.3 is 4.98 Å². The molecular formula is C15H16BrNO2S. The van der Waals surface area contributed by atoms with Crippen LogP contribution in [-0.2, 0) is 0 Å². The minimum absolute atomic E-state index is 0.187. The van der Waals surface area contributed by atoms with Gasteiger partial charge in [0, 0.05) is 9.72 Å². The number of aromatic amines is 1. The average Bonchev–Trinajstić information content (AvgIpc) is 2.32. The van der Waals surface area contributed by atoms with Crippen molar-refractivity contribution >= 4 is 44.4 Å². The van der Waals surface area contributed by atoms with Gasteiger partial charge in [0.05, 0.1) is 21.5 Å². The third-order valence-electron chi connectivity index (χ3n) is 2.99. The van der Waals surface area contributed by atoms with Gasteiger partial charge in [-0.25, -0.2) is 0 Å². The number of carbonyl (C=O) groups is 1. The lowest BCUT2D eigenvalue weighted by Gasteiger charge is -2.13. The van der Waals surface area contributed by atoms with Crippen LogP contribution in [0.1, 0.15) is 36.7 Å². The lowest BCUT2D eigenvalue weighted by Crippen LogP contribution is -2.18. The smallest absolute Gasteiger partial charge is 0.201 e. The number of aromatic nitrogens is 1. The molecule has 0 aliphatic carbocycles. The number of aryl methyl sites for hydroxylation is 1. The van der Waals surface area contributed by atoms with E-state index in [0.29, 0.717) is 10.4 Å². The summed E-state index contributed by atoms with van der Waals surface area (Å²) < 4.78 is 0.830. The van der Waals surface area contributed by atoms with Crippen LogP contribution in [0.25, 0.3) is 10.9 Å². The number of ketones is 1. The highest BCUT2D eigenvalue weighted by Gasteiger charge is 2.19. The summed E-state index contributed by atoms with van der Waals surface area (Å²) in [5, 5.41) is 1.51. The molecule has 0 atom stereocenters. The lowest BCUT2D eigenvalue weighted by atomic mass is 10.1. The number of rotatable bonds is 3. The zero-order chi connectivity index (χ0) is 15.0. The number of Topliss-reactive ketones (excluding diaryl/α,β-unsaturated/α-hetero) is 1. The fourth-order valence-corrected chi connectivity index (χ4v) is 3.56. The van der Waals surface area contributed by atoms with Crippen LogP contribution < -0.4 is 5.43 Å². The van der Waals surface area contributed by atoms with Gasteiger partial charge in [-0.3, -0.25) is 9.59 Å². The van der Waals surface area contributed by atoms with Crippen LogP contribution in [0.4, 0.5) is 0 Å². The van der Waals surface area contributed by atoms with Crippen LogP contribution >= 0.6 is 27.7 Å². The Kier molecular flexibility index (Phi) is 4.39. The van der Waals surface area contributed by atoms with E-state index in [-0.39, 0.29) is 22.0 Å². The summed E-state index contributed by atoms with van der Waals surface area (Å²) in [7, 11) is 0. The molecule has 1 heterocycles. The maximum absolute atomic E-state index is 12.7. The molecule has 1 aromatic carbocycles. The Morgan fingerprint density at radius 1 is 1.35 bits per heavy atom. The molecular weight excluding hydrogens is 338 g/mol. The minimum atomic E-state index is -0.198. The van der Waals surface area contributed by atoms with E-state index in [0.717, 1.165) is 15.6 Å². The van der Waals surface area contributed by atoms with Gasteiger partial charge in [0.15, 0.2) is 5.78 Å². The first-order chi connectivity index (χ1) is 9.32. The Morgan fingerprint density at radius 2 is 2.00 bits per heavy atom. The molecule has 20 heavy (non-hydrogen) atoms. The van der Waals surface area contributed by atoms with Crippen molar-refractivity contribution in [2.24, 2.45) is 0 Å². The molecule has 0 saturated carbocycles. The van der Waals surface area contributed by atoms with Crippen LogP contribution in [0.2, 0.25) is 0 Å². The van der Waals surface area contributed by atoms with Crippen molar-refractivity contribution in [2.45, 2.75) is 38.0 Å². The first-order valence-corrected chi connectivity index (χ1v) is 8.03. The lowest BCUT2D eigenvalue weighted by molar-refractivity contribution is 0.101. The molecule has 106 valence electrons. The van der Waals surface area contributed by atoms with Gasteiger partial charge >= 0.3 is 0 Å². The number of thioether (sulfide) groups is 1. The quantitative estimate of drug-likeness (QED) is 0.660. The van der Waals surface area contributed by atoms with E-state index in [9.17, 15) is 9.59 Å². The zero-order valence-electron chi connectivity index (χ0n) is 11.8. The number of halogens is 1. The van der Waals surface area contributed by atoms with Gasteiger partial charge in [-0.05, 0) is 41.4 Å². The van der Waals surface area contributed by atoms with Gasteiger partial charge in [0.2, 0.25) is 5.43 Å². The van der Waals surface area contributed by atoms with E-state index < -0.39 is 0 Å². The molecule has 0 amide bonds. The van der Waals surface area contributed by atoms with Crippen molar-refractivity contribution in [3.63, 3.8) is 0 Å². The third kappa shape index (κ3) is 2.69. The Labute approximate surface area is 130 Å². The number of fused-ring (bicyclic) bond motifs is 1. The fourth-order valence-electron chi connectivity index (χ4n) is 2.14. The summed E-state index contributed by atoms with van der Waals surface area (Å²) in [6, 6.07) is 3.78. The van der Waals surface area contributed by atoms with Crippen LogP contribution in [0.3, 0.4) is 0 Å². The first kappa shape index (κ1) is 15.3. The van der Waals surface area contributed by atoms with E-state index >= 15 is 0 Å². The molecule has 0 saturated heterocycles. The largest absolute Gasteiger partial charge is 0.348 e. The molecule has 0 aliphatic rings. The third-order valence-corrected chi connectivity index (χ3v) is 4.66. The summed E-state index contributed by atoms with van der Waals surface area (Å²) in [4.78, 5) is 27.8. The molecule has 5 heteroatoms. The predicted octanol–water partition coefficient (Wildman–Crippen LogP) is 4.30. The number of hydrogen-bond donors (Lipinski definition) is 1. The highest BCUT2D eigenvalue weighted by Crippen LogP contribution is 2.29. The summed E-state index contributed by atoms with van der Waals surface area (Å²) in [6.45, 7) is 7.38. The molecule has 3 nitrogen and oxygen atoms in total. The molecule has 0 radical (unpaired) electrons. The molecule has 0 spiro atoms. The second-order valence-electron chi connectivity index (χ2n) is 5.00. The molecule has 0 bridgehead atoms. The van der Waals surface area contributed by atoms with E-state index in [1.165, 1.54) is 18.7 Å². The first-order valence-electron chi connectivity index (χ1n) is 6.35. The van der Waals surface area contributed by atoms with Gasteiger partial charge in [-0.1, -0.05) is 19.9 Å². The van der Waals surface area contributed by atoms with Crippen molar-refractivity contribution in [3.05, 3.63) is 38.0 Å². The average molecular weight is 354 g/mol. The maximum Gasteiger partial charge on any atom is 0.201 e. The Morgan fingerprint density at radius 3 is 2.55 bits per heavy atom. The summed E-state index contributed by atoms with van der Waals surface area (Å²) >= 11 is 4.96. The van der Waals surface area contributed by atoms with Crippen LogP contribution in [0, 0.1) is 6.92 Å². The maximum atomic E-state index is 12.7. The number of pyridine rings is 1. The molecule has 1 N–H and O–H groups in total.